The van der Waals surface area contributed by atoms with Gasteiger partial charge in [0.2, 0.25) is 0 Å². The predicted molar refractivity (Wildman–Crippen MR) is 132 cm³/mol. The topological polar surface area (TPSA) is 67.6 Å². The van der Waals surface area contributed by atoms with Crippen LogP contribution < -0.4 is 10.3 Å². The molecule has 3 aromatic rings. The molecule has 0 radical (unpaired) electrons. The SMILES string of the molecule is CN1[C@@H]2CC[C@H]1CC(Oc1ccc(-n3cnc4cc(C(O)CC(C)(C)C)sc4c3=O)cc1)C2. The standard InChI is InChI=1S/C26H33N3O3S/c1-26(2,3)14-22(30)23-13-21-24(33-23)25(31)29(15-27-21)16-7-9-19(10-8-16)32-20-11-17-5-6-18(12-20)28(17)4/h7-10,13,15,17-18,20,22,30H,5-6,11-12,14H2,1-4H3/t17-,18+,20?,22?. The van der Waals surface area contributed by atoms with Crippen LogP contribution in [0.2, 0.25) is 0 Å². The highest BCUT2D eigenvalue weighted by Gasteiger charge is 2.39. The van der Waals surface area contributed by atoms with Gasteiger partial charge in [0.1, 0.15) is 22.9 Å². The van der Waals surface area contributed by atoms with E-state index in [0.29, 0.717) is 28.7 Å². The van der Waals surface area contributed by atoms with E-state index in [-0.39, 0.29) is 17.1 Å². The molecule has 0 amide bonds. The largest absolute Gasteiger partial charge is 0.490 e. The summed E-state index contributed by atoms with van der Waals surface area (Å²) in [7, 11) is 2.23. The summed E-state index contributed by atoms with van der Waals surface area (Å²) in [6.45, 7) is 6.29. The molecule has 33 heavy (non-hydrogen) atoms. The molecular weight excluding hydrogens is 434 g/mol. The number of ether oxygens (including phenoxy) is 1. The van der Waals surface area contributed by atoms with Crippen molar-refractivity contribution in [2.24, 2.45) is 5.41 Å². The van der Waals surface area contributed by atoms with Gasteiger partial charge in [0, 0.05) is 17.0 Å². The summed E-state index contributed by atoms with van der Waals surface area (Å²) in [4.78, 5) is 21.0. The number of hydrogen-bond acceptors (Lipinski definition) is 6. The van der Waals surface area contributed by atoms with Crippen molar-refractivity contribution in [3.63, 3.8) is 0 Å². The van der Waals surface area contributed by atoms with Crippen LogP contribution in [0.4, 0.5) is 0 Å². The van der Waals surface area contributed by atoms with Gasteiger partial charge in [-0.1, -0.05) is 20.8 Å². The van der Waals surface area contributed by atoms with Gasteiger partial charge in [-0.25, -0.2) is 4.98 Å². The van der Waals surface area contributed by atoms with Crippen molar-refractivity contribution in [3.05, 3.63) is 51.9 Å². The van der Waals surface area contributed by atoms with Crippen molar-refractivity contribution >= 4 is 21.6 Å². The number of thiophene rings is 1. The van der Waals surface area contributed by atoms with Crippen LogP contribution in [0.25, 0.3) is 15.9 Å². The Labute approximate surface area is 198 Å². The fraction of sp³-hybridized carbons (Fsp3) is 0.538. The number of rotatable bonds is 5. The average Bonchev–Trinajstić information content (AvgIpc) is 3.26. The second-order valence-electron chi connectivity index (χ2n) is 10.8. The third-order valence-corrected chi connectivity index (χ3v) is 8.28. The highest BCUT2D eigenvalue weighted by atomic mass is 32.1. The zero-order chi connectivity index (χ0) is 23.3. The lowest BCUT2D eigenvalue weighted by Gasteiger charge is -2.36. The first-order valence-electron chi connectivity index (χ1n) is 11.9. The molecule has 2 unspecified atom stereocenters. The fourth-order valence-corrected chi connectivity index (χ4v) is 6.32. The summed E-state index contributed by atoms with van der Waals surface area (Å²) in [5.41, 5.74) is 1.29. The van der Waals surface area contributed by atoms with Gasteiger partial charge in [0.05, 0.1) is 17.3 Å². The molecular formula is C26H33N3O3S. The van der Waals surface area contributed by atoms with Crippen molar-refractivity contribution in [1.29, 1.82) is 0 Å². The van der Waals surface area contributed by atoms with Gasteiger partial charge in [0.25, 0.3) is 5.56 Å². The molecule has 2 aliphatic rings. The van der Waals surface area contributed by atoms with E-state index in [1.54, 1.807) is 10.9 Å². The number of aromatic nitrogens is 2. The van der Waals surface area contributed by atoms with E-state index in [4.69, 9.17) is 4.74 Å². The molecule has 4 atom stereocenters. The molecule has 1 aromatic carbocycles. The zero-order valence-corrected chi connectivity index (χ0v) is 20.6. The number of aliphatic hydroxyl groups excluding tert-OH is 1. The Hall–Kier alpha value is -2.22. The minimum Gasteiger partial charge on any atom is -0.490 e. The predicted octanol–water partition coefficient (Wildman–Crippen LogP) is 4.92. The Kier molecular flexibility index (Phi) is 5.83. The van der Waals surface area contributed by atoms with Crippen LogP contribution in [0.15, 0.2) is 41.5 Å². The van der Waals surface area contributed by atoms with Crippen LogP contribution >= 0.6 is 11.3 Å². The second-order valence-corrected chi connectivity index (χ2v) is 11.9. The van der Waals surface area contributed by atoms with Crippen molar-refractivity contribution < 1.29 is 9.84 Å². The monoisotopic (exact) mass is 467 g/mol. The number of piperidine rings is 1. The summed E-state index contributed by atoms with van der Waals surface area (Å²) in [5, 5.41) is 10.6. The number of fused-ring (bicyclic) bond motifs is 3. The third kappa shape index (κ3) is 4.59. The molecule has 0 spiro atoms. The van der Waals surface area contributed by atoms with Crippen LogP contribution in [0.5, 0.6) is 5.75 Å². The minimum atomic E-state index is -0.594. The first kappa shape index (κ1) is 22.6. The molecule has 4 heterocycles. The van der Waals surface area contributed by atoms with E-state index >= 15 is 0 Å². The lowest BCUT2D eigenvalue weighted by molar-refractivity contribution is 0.0662. The van der Waals surface area contributed by atoms with E-state index in [2.05, 4.69) is 37.7 Å². The number of aliphatic hydroxyl groups is 1. The van der Waals surface area contributed by atoms with Crippen molar-refractivity contribution in [1.82, 2.24) is 14.5 Å². The number of hydrogen-bond donors (Lipinski definition) is 1. The summed E-state index contributed by atoms with van der Waals surface area (Å²) >= 11 is 1.34. The molecule has 0 aliphatic carbocycles. The number of nitrogens with zero attached hydrogens (tertiary/aromatic N) is 3. The Morgan fingerprint density at radius 2 is 1.85 bits per heavy atom. The van der Waals surface area contributed by atoms with E-state index < -0.39 is 6.10 Å². The Balaban J connectivity index is 1.34. The molecule has 7 heteroatoms. The maximum atomic E-state index is 13.2. The van der Waals surface area contributed by atoms with Crippen LogP contribution in [-0.2, 0) is 0 Å². The fourth-order valence-electron chi connectivity index (χ4n) is 5.30. The van der Waals surface area contributed by atoms with Gasteiger partial charge < -0.3 is 14.7 Å². The van der Waals surface area contributed by atoms with Gasteiger partial charge in [-0.05, 0) is 74.9 Å². The molecule has 2 aromatic heterocycles. The first-order valence-corrected chi connectivity index (χ1v) is 12.7. The highest BCUT2D eigenvalue weighted by Crippen LogP contribution is 2.36. The summed E-state index contributed by atoms with van der Waals surface area (Å²) in [6.07, 6.45) is 6.58. The quantitative estimate of drug-likeness (QED) is 0.577. The highest BCUT2D eigenvalue weighted by molar-refractivity contribution is 7.19. The molecule has 2 fully saturated rings. The minimum absolute atomic E-state index is 0.000157. The third-order valence-electron chi connectivity index (χ3n) is 7.06. The molecule has 2 bridgehead atoms. The van der Waals surface area contributed by atoms with Crippen molar-refractivity contribution in [3.8, 4) is 11.4 Å². The van der Waals surface area contributed by atoms with Gasteiger partial charge in [-0.15, -0.1) is 11.3 Å². The summed E-state index contributed by atoms with van der Waals surface area (Å²) in [5.74, 6) is 0.846. The first-order chi connectivity index (χ1) is 15.7. The smallest absolute Gasteiger partial charge is 0.275 e. The maximum absolute atomic E-state index is 13.2. The van der Waals surface area contributed by atoms with E-state index in [1.807, 2.05) is 30.3 Å². The molecule has 2 saturated heterocycles. The Bertz CT molecular complexity index is 1180. The van der Waals surface area contributed by atoms with Gasteiger partial charge in [-0.2, -0.15) is 0 Å². The normalized spacial score (nSPS) is 24.3. The summed E-state index contributed by atoms with van der Waals surface area (Å²) in [6, 6.07) is 10.8. The molecule has 2 aliphatic heterocycles. The zero-order valence-electron chi connectivity index (χ0n) is 19.8. The van der Waals surface area contributed by atoms with E-state index in [1.165, 1.54) is 24.2 Å². The number of benzene rings is 1. The molecule has 6 nitrogen and oxygen atoms in total. The second kappa shape index (κ2) is 8.53. The molecule has 176 valence electrons. The Morgan fingerprint density at radius 1 is 1.18 bits per heavy atom. The van der Waals surface area contributed by atoms with E-state index in [9.17, 15) is 9.90 Å². The maximum Gasteiger partial charge on any atom is 0.275 e. The van der Waals surface area contributed by atoms with Gasteiger partial charge >= 0.3 is 0 Å². The van der Waals surface area contributed by atoms with Crippen LogP contribution in [0.3, 0.4) is 0 Å². The van der Waals surface area contributed by atoms with E-state index in [0.717, 1.165) is 29.2 Å². The van der Waals surface area contributed by atoms with Gasteiger partial charge in [0.15, 0.2) is 0 Å². The molecule has 5 rings (SSSR count). The van der Waals surface area contributed by atoms with Gasteiger partial charge in [-0.3, -0.25) is 9.36 Å². The van der Waals surface area contributed by atoms with Crippen LogP contribution in [-0.4, -0.2) is 44.8 Å². The lowest BCUT2D eigenvalue weighted by atomic mass is 9.89. The van der Waals surface area contributed by atoms with Crippen molar-refractivity contribution in [2.75, 3.05) is 7.05 Å². The molecule has 0 saturated carbocycles. The Morgan fingerprint density at radius 3 is 2.48 bits per heavy atom. The molecule has 1 N–H and O–H groups in total. The average molecular weight is 468 g/mol. The summed E-state index contributed by atoms with van der Waals surface area (Å²) < 4.78 is 8.43. The van der Waals surface area contributed by atoms with Crippen LogP contribution in [0, 0.1) is 5.41 Å². The van der Waals surface area contributed by atoms with Crippen molar-refractivity contribution in [2.45, 2.75) is 77.2 Å². The van der Waals surface area contributed by atoms with Crippen LogP contribution in [0.1, 0.15) is 63.9 Å². The lowest BCUT2D eigenvalue weighted by Crippen LogP contribution is -2.43.